The number of amides is 2. The molecule has 0 saturated heterocycles. The van der Waals surface area contributed by atoms with Gasteiger partial charge in [-0.1, -0.05) is 18.2 Å². The average molecular weight is 332 g/mol. The molecule has 24 heavy (non-hydrogen) atoms. The van der Waals surface area contributed by atoms with Crippen molar-refractivity contribution in [1.29, 1.82) is 0 Å². The highest BCUT2D eigenvalue weighted by Gasteiger charge is 2.29. The average Bonchev–Trinajstić information content (AvgIpc) is 2.61. The van der Waals surface area contributed by atoms with E-state index in [1.807, 2.05) is 0 Å². The van der Waals surface area contributed by atoms with E-state index in [9.17, 15) is 9.18 Å². The fourth-order valence-electron chi connectivity index (χ4n) is 2.27. The molecule has 0 aliphatic carbocycles. The number of ether oxygens (including phenoxy) is 2. The minimum atomic E-state index is -0.970. The Hall–Kier alpha value is -2.60. The highest BCUT2D eigenvalue weighted by molar-refractivity contribution is 5.89. The molecule has 0 aliphatic rings. The standard InChI is InChI=1S/C18H21FN2O3/c1-18(24-3,15-6-4-5-7-16(15)19)12-20-17(22)21-13-8-10-14(23-2)11-9-13/h4-11H,12H2,1-3H3,(H2,20,21,22). The summed E-state index contributed by atoms with van der Waals surface area (Å²) in [6.07, 6.45) is 0. The third-order valence-corrected chi connectivity index (χ3v) is 3.83. The predicted molar refractivity (Wildman–Crippen MR) is 90.8 cm³/mol. The number of halogens is 1. The molecule has 0 fully saturated rings. The summed E-state index contributed by atoms with van der Waals surface area (Å²) in [6.45, 7) is 1.84. The third-order valence-electron chi connectivity index (χ3n) is 3.83. The molecule has 0 saturated carbocycles. The van der Waals surface area contributed by atoms with Crippen molar-refractivity contribution in [3.8, 4) is 5.75 Å². The number of carbonyl (C=O) groups excluding carboxylic acids is 1. The predicted octanol–water partition coefficient (Wildman–Crippen LogP) is 3.52. The van der Waals surface area contributed by atoms with Crippen molar-refractivity contribution in [3.63, 3.8) is 0 Å². The van der Waals surface area contributed by atoms with Gasteiger partial charge in [0.2, 0.25) is 0 Å². The van der Waals surface area contributed by atoms with Crippen LogP contribution < -0.4 is 15.4 Å². The molecule has 0 aliphatic heterocycles. The molecule has 1 unspecified atom stereocenters. The smallest absolute Gasteiger partial charge is 0.319 e. The molecule has 0 spiro atoms. The molecule has 6 heteroatoms. The number of benzene rings is 2. The van der Waals surface area contributed by atoms with Gasteiger partial charge in [-0.05, 0) is 37.3 Å². The maximum Gasteiger partial charge on any atom is 0.319 e. The van der Waals surface area contributed by atoms with Crippen molar-refractivity contribution in [1.82, 2.24) is 5.32 Å². The van der Waals surface area contributed by atoms with E-state index < -0.39 is 11.6 Å². The lowest BCUT2D eigenvalue weighted by molar-refractivity contribution is 0.00235. The zero-order valence-corrected chi connectivity index (χ0v) is 13.9. The van der Waals surface area contributed by atoms with Crippen LogP contribution in [0.2, 0.25) is 0 Å². The van der Waals surface area contributed by atoms with Gasteiger partial charge in [-0.2, -0.15) is 0 Å². The summed E-state index contributed by atoms with van der Waals surface area (Å²) < 4.78 is 24.5. The van der Waals surface area contributed by atoms with Gasteiger partial charge >= 0.3 is 6.03 Å². The highest BCUT2D eigenvalue weighted by Crippen LogP contribution is 2.26. The number of hydrogen-bond acceptors (Lipinski definition) is 3. The van der Waals surface area contributed by atoms with Gasteiger partial charge in [0, 0.05) is 18.4 Å². The van der Waals surface area contributed by atoms with Gasteiger partial charge in [0.15, 0.2) is 0 Å². The van der Waals surface area contributed by atoms with Crippen LogP contribution in [0.5, 0.6) is 5.75 Å². The first-order valence-corrected chi connectivity index (χ1v) is 7.47. The van der Waals surface area contributed by atoms with Crippen LogP contribution in [0.1, 0.15) is 12.5 Å². The third kappa shape index (κ3) is 4.23. The Morgan fingerprint density at radius 1 is 1.12 bits per heavy atom. The number of rotatable bonds is 6. The summed E-state index contributed by atoms with van der Waals surface area (Å²) in [6, 6.07) is 12.9. The number of methoxy groups -OCH3 is 2. The number of hydrogen-bond donors (Lipinski definition) is 2. The van der Waals surface area contributed by atoms with Gasteiger partial charge in [-0.15, -0.1) is 0 Å². The monoisotopic (exact) mass is 332 g/mol. The Kier molecular flexibility index (Phi) is 5.76. The molecular weight excluding hydrogens is 311 g/mol. The number of carbonyl (C=O) groups is 1. The van der Waals surface area contributed by atoms with Crippen LogP contribution in [0.25, 0.3) is 0 Å². The fourth-order valence-corrected chi connectivity index (χ4v) is 2.27. The Bertz CT molecular complexity index is 691. The van der Waals surface area contributed by atoms with E-state index in [2.05, 4.69) is 10.6 Å². The lowest BCUT2D eigenvalue weighted by Gasteiger charge is -2.29. The maximum atomic E-state index is 14.0. The number of nitrogens with one attached hydrogen (secondary N) is 2. The summed E-state index contributed by atoms with van der Waals surface area (Å²) in [5.74, 6) is 0.326. The molecule has 0 bridgehead atoms. The normalized spacial score (nSPS) is 13.0. The summed E-state index contributed by atoms with van der Waals surface area (Å²) in [5.41, 5.74) is 0.0401. The van der Waals surface area contributed by atoms with Crippen molar-refractivity contribution >= 4 is 11.7 Å². The van der Waals surface area contributed by atoms with Crippen molar-refractivity contribution in [2.24, 2.45) is 0 Å². The molecule has 2 N–H and O–H groups in total. The molecule has 2 rings (SSSR count). The van der Waals surface area contributed by atoms with E-state index in [4.69, 9.17) is 9.47 Å². The van der Waals surface area contributed by atoms with Crippen LogP contribution in [0, 0.1) is 5.82 Å². The SMILES string of the molecule is COc1ccc(NC(=O)NCC(C)(OC)c2ccccc2F)cc1. The second kappa shape index (κ2) is 7.79. The quantitative estimate of drug-likeness (QED) is 0.851. The second-order valence-electron chi connectivity index (χ2n) is 5.45. The van der Waals surface area contributed by atoms with Crippen LogP contribution in [0.15, 0.2) is 48.5 Å². The van der Waals surface area contributed by atoms with Gasteiger partial charge < -0.3 is 20.1 Å². The molecule has 0 aromatic heterocycles. The molecule has 2 aromatic carbocycles. The molecule has 128 valence electrons. The molecule has 0 radical (unpaired) electrons. The zero-order chi connectivity index (χ0) is 17.6. The maximum absolute atomic E-state index is 14.0. The van der Waals surface area contributed by atoms with Gasteiger partial charge in [0.05, 0.1) is 13.7 Å². The zero-order valence-electron chi connectivity index (χ0n) is 13.9. The van der Waals surface area contributed by atoms with Crippen LogP contribution in [0.3, 0.4) is 0 Å². The van der Waals surface area contributed by atoms with E-state index in [0.717, 1.165) is 0 Å². The molecule has 2 aromatic rings. The van der Waals surface area contributed by atoms with E-state index >= 15 is 0 Å². The van der Waals surface area contributed by atoms with Gasteiger partial charge in [-0.3, -0.25) is 0 Å². The van der Waals surface area contributed by atoms with E-state index in [0.29, 0.717) is 17.0 Å². The summed E-state index contributed by atoms with van der Waals surface area (Å²) in [7, 11) is 3.05. The minimum Gasteiger partial charge on any atom is -0.497 e. The first-order valence-electron chi connectivity index (χ1n) is 7.47. The molecule has 0 heterocycles. The van der Waals surface area contributed by atoms with Crippen molar-refractivity contribution in [2.75, 3.05) is 26.1 Å². The van der Waals surface area contributed by atoms with Crippen molar-refractivity contribution < 1.29 is 18.7 Å². The van der Waals surface area contributed by atoms with Crippen LogP contribution in [0.4, 0.5) is 14.9 Å². The minimum absolute atomic E-state index is 0.117. The lowest BCUT2D eigenvalue weighted by Crippen LogP contribution is -2.42. The lowest BCUT2D eigenvalue weighted by atomic mass is 9.95. The topological polar surface area (TPSA) is 59.6 Å². The van der Waals surface area contributed by atoms with Gasteiger partial charge in [-0.25, -0.2) is 9.18 Å². The van der Waals surface area contributed by atoms with E-state index in [-0.39, 0.29) is 12.4 Å². The summed E-state index contributed by atoms with van der Waals surface area (Å²) >= 11 is 0. The molecule has 2 amide bonds. The highest BCUT2D eigenvalue weighted by atomic mass is 19.1. The Morgan fingerprint density at radius 3 is 2.38 bits per heavy atom. The molecule has 5 nitrogen and oxygen atoms in total. The first-order chi connectivity index (χ1) is 11.5. The van der Waals surface area contributed by atoms with Crippen molar-refractivity contribution in [2.45, 2.75) is 12.5 Å². The number of urea groups is 1. The molecule has 1 atom stereocenters. The van der Waals surface area contributed by atoms with Crippen molar-refractivity contribution in [3.05, 3.63) is 59.9 Å². The van der Waals surface area contributed by atoms with Crippen LogP contribution in [-0.4, -0.2) is 26.8 Å². The Labute approximate surface area is 140 Å². The fraction of sp³-hybridized carbons (Fsp3) is 0.278. The van der Waals surface area contributed by atoms with Crippen LogP contribution in [-0.2, 0) is 10.3 Å². The van der Waals surface area contributed by atoms with Gasteiger partial charge in [0.1, 0.15) is 17.2 Å². The Balaban J connectivity index is 1.99. The second-order valence-corrected chi connectivity index (χ2v) is 5.45. The molecular formula is C18H21FN2O3. The first kappa shape index (κ1) is 17.7. The summed E-state index contributed by atoms with van der Waals surface area (Å²) in [5, 5.41) is 5.41. The van der Waals surface area contributed by atoms with E-state index in [1.165, 1.54) is 13.2 Å². The summed E-state index contributed by atoms with van der Waals surface area (Å²) in [4.78, 5) is 12.0. The van der Waals surface area contributed by atoms with E-state index in [1.54, 1.807) is 56.5 Å². The van der Waals surface area contributed by atoms with Gasteiger partial charge in [0.25, 0.3) is 0 Å². The van der Waals surface area contributed by atoms with Crippen LogP contribution >= 0.6 is 0 Å². The number of anilines is 1. The largest absolute Gasteiger partial charge is 0.497 e. The Morgan fingerprint density at radius 2 is 1.79 bits per heavy atom.